The minimum absolute atomic E-state index is 0.315. The van der Waals surface area contributed by atoms with Gasteiger partial charge in [-0.1, -0.05) is 121 Å². The summed E-state index contributed by atoms with van der Waals surface area (Å²) in [6.45, 7) is 0. The number of aromatic nitrogens is 2. The van der Waals surface area contributed by atoms with E-state index in [4.69, 9.17) is 0 Å². The second-order valence-corrected chi connectivity index (χ2v) is 13.6. The maximum Gasteiger partial charge on any atom is 0.123 e. The Labute approximate surface area is 305 Å². The second-order valence-electron chi connectivity index (χ2n) is 13.6. The molecule has 0 N–H and O–H groups in total. The third-order valence-electron chi connectivity index (χ3n) is 10.8. The molecule has 0 unspecified atom stereocenters. The van der Waals surface area contributed by atoms with E-state index < -0.39 is 5.41 Å². The zero-order valence-corrected chi connectivity index (χ0v) is 28.6. The van der Waals surface area contributed by atoms with Gasteiger partial charge in [0.15, 0.2) is 0 Å². The van der Waals surface area contributed by atoms with Gasteiger partial charge in [-0.3, -0.25) is 0 Å². The lowest BCUT2D eigenvalue weighted by atomic mass is 9.65. The molecule has 0 amide bonds. The molecule has 2 heterocycles. The molecule has 0 radical (unpaired) electrons. The van der Waals surface area contributed by atoms with Crippen molar-refractivity contribution in [2.24, 2.45) is 0 Å². The zero-order chi connectivity index (χ0) is 35.5. The third kappa shape index (κ3) is 4.76. The summed E-state index contributed by atoms with van der Waals surface area (Å²) in [5.41, 5.74) is 9.38. The van der Waals surface area contributed by atoms with Crippen LogP contribution in [0.4, 0.5) is 8.78 Å². The summed E-state index contributed by atoms with van der Waals surface area (Å²) in [5, 5.41) is 4.79. The number of para-hydroxylation sites is 4. The van der Waals surface area contributed by atoms with Crippen LogP contribution in [0.25, 0.3) is 55.0 Å². The third-order valence-corrected chi connectivity index (χ3v) is 10.8. The number of rotatable bonds is 6. The highest BCUT2D eigenvalue weighted by atomic mass is 19.1. The lowest BCUT2D eigenvalue weighted by Crippen LogP contribution is -2.31. The summed E-state index contributed by atoms with van der Waals surface area (Å²) < 4.78 is 33.8. The Hall–Kier alpha value is -6.78. The molecule has 0 saturated carbocycles. The molecular weight excluding hydrogens is 655 g/mol. The molecule has 2 aromatic heterocycles. The van der Waals surface area contributed by atoms with Crippen LogP contribution in [0.2, 0.25) is 0 Å². The van der Waals surface area contributed by atoms with Crippen molar-refractivity contribution >= 4 is 43.6 Å². The molecule has 10 rings (SSSR count). The van der Waals surface area contributed by atoms with Crippen molar-refractivity contribution < 1.29 is 8.78 Å². The van der Waals surface area contributed by atoms with Gasteiger partial charge >= 0.3 is 0 Å². The number of halogens is 2. The van der Waals surface area contributed by atoms with Crippen LogP contribution in [0.5, 0.6) is 0 Å². The summed E-state index contributed by atoms with van der Waals surface area (Å²) in [6.07, 6.45) is 0. The van der Waals surface area contributed by atoms with Crippen LogP contribution < -0.4 is 0 Å². The van der Waals surface area contributed by atoms with E-state index in [1.807, 2.05) is 24.3 Å². The highest BCUT2D eigenvalue weighted by molar-refractivity contribution is 6.10. The van der Waals surface area contributed by atoms with E-state index in [1.54, 1.807) is 0 Å². The number of hydrogen-bond donors (Lipinski definition) is 0. The van der Waals surface area contributed by atoms with E-state index in [-0.39, 0.29) is 11.6 Å². The Morgan fingerprint density at radius 1 is 0.283 bits per heavy atom. The molecule has 4 heteroatoms. The second kappa shape index (κ2) is 12.2. The summed E-state index contributed by atoms with van der Waals surface area (Å²) in [4.78, 5) is 0. The van der Waals surface area contributed by atoms with Gasteiger partial charge in [0, 0.05) is 32.9 Å². The van der Waals surface area contributed by atoms with E-state index in [2.05, 4.69) is 155 Å². The van der Waals surface area contributed by atoms with Gasteiger partial charge in [0.05, 0.1) is 27.5 Å². The van der Waals surface area contributed by atoms with Crippen molar-refractivity contribution in [3.8, 4) is 11.4 Å². The fraction of sp³-hybridized carbons (Fsp3) is 0.0204. The lowest BCUT2D eigenvalue weighted by molar-refractivity contribution is 0.622. The molecular formula is C49H32F2N2. The molecule has 53 heavy (non-hydrogen) atoms. The molecule has 10 aromatic rings. The molecule has 0 aliphatic heterocycles. The van der Waals surface area contributed by atoms with Gasteiger partial charge < -0.3 is 9.13 Å². The summed E-state index contributed by atoms with van der Waals surface area (Å²) in [5.74, 6) is -0.629. The van der Waals surface area contributed by atoms with Crippen LogP contribution in [0.3, 0.4) is 0 Å². The maximum absolute atomic E-state index is 14.6. The van der Waals surface area contributed by atoms with Crippen LogP contribution in [-0.4, -0.2) is 9.13 Å². The summed E-state index contributed by atoms with van der Waals surface area (Å²) >= 11 is 0. The quantitative estimate of drug-likeness (QED) is 0.154. The SMILES string of the molecule is Fc1ccc(C(c2ccc(F)cc2)(c2ccc(-n3c4ccccc4c4ccccc43)cc2)c2ccc(-n3c4ccccc4c4ccccc43)cc2)cc1. The van der Waals surface area contributed by atoms with Crippen molar-refractivity contribution in [2.75, 3.05) is 0 Å². The van der Waals surface area contributed by atoms with Crippen LogP contribution in [0.15, 0.2) is 194 Å². The van der Waals surface area contributed by atoms with E-state index in [0.717, 1.165) is 55.7 Å². The zero-order valence-electron chi connectivity index (χ0n) is 28.6. The van der Waals surface area contributed by atoms with Gasteiger partial charge in [0.1, 0.15) is 11.6 Å². The summed E-state index contributed by atoms with van der Waals surface area (Å²) in [6, 6.07) is 64.6. The first kappa shape index (κ1) is 31.0. The van der Waals surface area contributed by atoms with Crippen molar-refractivity contribution in [2.45, 2.75) is 5.41 Å². The normalized spacial score (nSPS) is 12.0. The van der Waals surface area contributed by atoms with E-state index in [1.165, 1.54) is 45.8 Å². The first-order valence-electron chi connectivity index (χ1n) is 17.8. The van der Waals surface area contributed by atoms with Crippen molar-refractivity contribution in [1.29, 1.82) is 0 Å². The van der Waals surface area contributed by atoms with Crippen LogP contribution in [0.1, 0.15) is 22.3 Å². The molecule has 0 aliphatic carbocycles. The Kier molecular flexibility index (Phi) is 7.12. The lowest BCUT2D eigenvalue weighted by Gasteiger charge is -2.37. The fourth-order valence-electron chi connectivity index (χ4n) is 8.52. The van der Waals surface area contributed by atoms with Crippen molar-refractivity contribution in [3.63, 3.8) is 0 Å². The fourth-order valence-corrected chi connectivity index (χ4v) is 8.52. The Morgan fingerprint density at radius 3 is 0.811 bits per heavy atom. The highest BCUT2D eigenvalue weighted by Gasteiger charge is 2.38. The molecule has 0 aliphatic rings. The van der Waals surface area contributed by atoms with E-state index in [9.17, 15) is 8.78 Å². The molecule has 0 spiro atoms. The van der Waals surface area contributed by atoms with E-state index in [0.29, 0.717) is 0 Å². The molecule has 2 nitrogen and oxygen atoms in total. The molecule has 252 valence electrons. The maximum atomic E-state index is 14.6. The molecule has 0 saturated heterocycles. The van der Waals surface area contributed by atoms with Crippen LogP contribution >= 0.6 is 0 Å². The van der Waals surface area contributed by atoms with Crippen LogP contribution in [0, 0.1) is 11.6 Å². The standard InChI is InChI=1S/C49H32F2N2/c50-37-25-17-33(18-26-37)49(34-19-27-38(51)28-20-34,35-21-29-39(30-22-35)52-45-13-5-1-9-41(45)42-10-2-6-14-46(42)52)36-23-31-40(32-24-36)53-47-15-7-3-11-43(47)44-12-4-8-16-48(44)53/h1-32H. The topological polar surface area (TPSA) is 9.86 Å². The average molecular weight is 687 g/mol. The molecule has 8 aromatic carbocycles. The smallest absolute Gasteiger partial charge is 0.123 e. The Morgan fingerprint density at radius 2 is 0.528 bits per heavy atom. The average Bonchev–Trinajstić information content (AvgIpc) is 3.73. The Balaban J connectivity index is 1.20. The van der Waals surface area contributed by atoms with Gasteiger partial charge in [-0.05, 0) is 95.1 Å². The molecule has 0 atom stereocenters. The minimum atomic E-state index is -0.903. The summed E-state index contributed by atoms with van der Waals surface area (Å²) in [7, 11) is 0. The molecule has 0 fully saturated rings. The van der Waals surface area contributed by atoms with Crippen LogP contribution in [-0.2, 0) is 5.41 Å². The van der Waals surface area contributed by atoms with Gasteiger partial charge in [-0.15, -0.1) is 0 Å². The first-order chi connectivity index (χ1) is 26.1. The monoisotopic (exact) mass is 686 g/mol. The van der Waals surface area contributed by atoms with E-state index >= 15 is 0 Å². The largest absolute Gasteiger partial charge is 0.309 e. The number of benzene rings is 8. The predicted octanol–water partition coefficient (Wildman–Crippen LogP) is 12.5. The molecule has 0 bridgehead atoms. The minimum Gasteiger partial charge on any atom is -0.309 e. The van der Waals surface area contributed by atoms with Crippen molar-refractivity contribution in [3.05, 3.63) is 228 Å². The number of fused-ring (bicyclic) bond motifs is 6. The van der Waals surface area contributed by atoms with Gasteiger partial charge in [0.25, 0.3) is 0 Å². The Bertz CT molecular complexity index is 2620. The van der Waals surface area contributed by atoms with Gasteiger partial charge in [0.2, 0.25) is 0 Å². The van der Waals surface area contributed by atoms with Gasteiger partial charge in [-0.25, -0.2) is 8.78 Å². The highest BCUT2D eigenvalue weighted by Crippen LogP contribution is 2.46. The number of hydrogen-bond acceptors (Lipinski definition) is 0. The first-order valence-corrected chi connectivity index (χ1v) is 17.8. The number of nitrogens with zero attached hydrogens (tertiary/aromatic N) is 2. The van der Waals surface area contributed by atoms with Gasteiger partial charge in [-0.2, -0.15) is 0 Å². The van der Waals surface area contributed by atoms with Crippen molar-refractivity contribution in [1.82, 2.24) is 9.13 Å². The predicted molar refractivity (Wildman–Crippen MR) is 213 cm³/mol.